The Kier molecular flexibility index (Phi) is 4.26. The zero-order valence-electron chi connectivity index (χ0n) is 14.2. The summed E-state index contributed by atoms with van der Waals surface area (Å²) in [4.78, 5) is 18.1. The normalized spacial score (nSPS) is 16.4. The number of nitrogens with zero attached hydrogens (tertiary/aromatic N) is 2. The Morgan fingerprint density at radius 3 is 2.71 bits per heavy atom. The monoisotopic (exact) mass is 333 g/mol. The Morgan fingerprint density at radius 2 is 2.08 bits per heavy atom. The lowest BCUT2D eigenvalue weighted by atomic mass is 10.1. The molecular formula is C17H23N3O4. The number of piperidine rings is 1. The summed E-state index contributed by atoms with van der Waals surface area (Å²) in [6.07, 6.45) is 1.29. The summed E-state index contributed by atoms with van der Waals surface area (Å²) in [6, 6.07) is 5.63. The third kappa shape index (κ3) is 3.72. The summed E-state index contributed by atoms with van der Waals surface area (Å²) in [6.45, 7) is 6.84. The number of para-hydroxylation sites is 1. The second-order valence-corrected chi connectivity index (χ2v) is 7.03. The van der Waals surface area contributed by atoms with E-state index in [-0.39, 0.29) is 17.9 Å². The van der Waals surface area contributed by atoms with Crippen LogP contribution < -0.4 is 5.32 Å². The highest BCUT2D eigenvalue weighted by Gasteiger charge is 2.27. The van der Waals surface area contributed by atoms with Gasteiger partial charge in [-0.05, 0) is 45.7 Å². The van der Waals surface area contributed by atoms with Crippen molar-refractivity contribution in [3.05, 3.63) is 18.2 Å². The number of carbonyl (C=O) groups excluding carboxylic acids is 1. The molecule has 2 heterocycles. The first kappa shape index (κ1) is 16.4. The molecule has 0 saturated carbocycles. The molecule has 1 saturated heterocycles. The maximum absolute atomic E-state index is 12.1. The van der Waals surface area contributed by atoms with Crippen LogP contribution in [0.2, 0.25) is 0 Å². The average molecular weight is 333 g/mol. The molecule has 1 amide bonds. The van der Waals surface area contributed by atoms with Gasteiger partial charge in [0.25, 0.3) is 6.01 Å². The maximum Gasteiger partial charge on any atom is 0.410 e. The van der Waals surface area contributed by atoms with E-state index >= 15 is 0 Å². The van der Waals surface area contributed by atoms with Crippen molar-refractivity contribution in [3.63, 3.8) is 0 Å². The maximum atomic E-state index is 12.1. The number of likely N-dealkylation sites (tertiary alicyclic amines) is 1. The van der Waals surface area contributed by atoms with Crippen LogP contribution in [0.4, 0.5) is 10.8 Å². The SMILES string of the molecule is CC(C)(C)OC(=O)N1CCC(Nc2nc3cccc(O)c3o2)CC1. The van der Waals surface area contributed by atoms with Crippen molar-refractivity contribution in [3.8, 4) is 5.75 Å². The van der Waals surface area contributed by atoms with E-state index in [9.17, 15) is 9.90 Å². The van der Waals surface area contributed by atoms with E-state index in [0.717, 1.165) is 12.8 Å². The highest BCUT2D eigenvalue weighted by Crippen LogP contribution is 2.28. The average Bonchev–Trinajstić information content (AvgIpc) is 2.90. The number of aromatic nitrogens is 1. The summed E-state index contributed by atoms with van der Waals surface area (Å²) in [5, 5.41) is 13.0. The minimum absolute atomic E-state index is 0.0767. The fraction of sp³-hybridized carbons (Fsp3) is 0.529. The van der Waals surface area contributed by atoms with Crippen LogP contribution in [0.5, 0.6) is 5.75 Å². The third-order valence-electron chi connectivity index (χ3n) is 3.87. The molecular weight excluding hydrogens is 310 g/mol. The molecule has 0 unspecified atom stereocenters. The van der Waals surface area contributed by atoms with Gasteiger partial charge in [-0.1, -0.05) is 6.07 Å². The van der Waals surface area contributed by atoms with Crippen LogP contribution in [0.25, 0.3) is 11.1 Å². The number of phenols is 1. The van der Waals surface area contributed by atoms with E-state index in [2.05, 4.69) is 10.3 Å². The van der Waals surface area contributed by atoms with Crippen molar-refractivity contribution in [1.82, 2.24) is 9.88 Å². The van der Waals surface area contributed by atoms with Crippen LogP contribution in [0.3, 0.4) is 0 Å². The van der Waals surface area contributed by atoms with E-state index in [1.807, 2.05) is 20.8 Å². The molecule has 1 aliphatic heterocycles. The molecule has 2 aromatic rings. The van der Waals surface area contributed by atoms with Gasteiger partial charge in [0.1, 0.15) is 11.1 Å². The lowest BCUT2D eigenvalue weighted by molar-refractivity contribution is 0.0210. The summed E-state index contributed by atoms with van der Waals surface area (Å²) in [5.74, 6) is 0.0767. The number of benzene rings is 1. The van der Waals surface area contributed by atoms with E-state index < -0.39 is 5.60 Å². The second-order valence-electron chi connectivity index (χ2n) is 7.03. The number of aromatic hydroxyl groups is 1. The number of oxazole rings is 1. The molecule has 1 aromatic carbocycles. The summed E-state index contributed by atoms with van der Waals surface area (Å²) in [5.41, 5.74) is 0.515. The number of hydrogen-bond donors (Lipinski definition) is 2. The molecule has 0 atom stereocenters. The third-order valence-corrected chi connectivity index (χ3v) is 3.87. The van der Waals surface area contributed by atoms with Gasteiger partial charge < -0.3 is 24.5 Å². The van der Waals surface area contributed by atoms with Crippen LogP contribution >= 0.6 is 0 Å². The number of carbonyl (C=O) groups is 1. The van der Waals surface area contributed by atoms with Gasteiger partial charge in [0.15, 0.2) is 11.3 Å². The molecule has 3 rings (SSSR count). The van der Waals surface area contributed by atoms with Gasteiger partial charge in [-0.15, -0.1) is 0 Å². The Labute approximate surface area is 140 Å². The summed E-state index contributed by atoms with van der Waals surface area (Å²) >= 11 is 0. The smallest absolute Gasteiger partial charge is 0.410 e. The number of anilines is 1. The van der Waals surface area contributed by atoms with Gasteiger partial charge in [0, 0.05) is 19.1 Å². The fourth-order valence-corrected chi connectivity index (χ4v) is 2.70. The summed E-state index contributed by atoms with van der Waals surface area (Å²) in [7, 11) is 0. The zero-order chi connectivity index (χ0) is 17.3. The largest absolute Gasteiger partial charge is 0.504 e. The van der Waals surface area contributed by atoms with Gasteiger partial charge in [0.05, 0.1) is 0 Å². The predicted octanol–water partition coefficient (Wildman–Crippen LogP) is 3.34. The highest BCUT2D eigenvalue weighted by molar-refractivity contribution is 5.80. The molecule has 130 valence electrons. The Balaban J connectivity index is 1.57. The van der Waals surface area contributed by atoms with Crippen molar-refractivity contribution in [2.45, 2.75) is 45.3 Å². The second kappa shape index (κ2) is 6.22. The molecule has 0 bridgehead atoms. The van der Waals surface area contributed by atoms with Crippen LogP contribution in [0.15, 0.2) is 22.6 Å². The first-order valence-corrected chi connectivity index (χ1v) is 8.15. The standard InChI is InChI=1S/C17H23N3O4/c1-17(2,3)24-16(22)20-9-7-11(8-10-20)18-15-19-12-5-4-6-13(21)14(12)23-15/h4-6,11,21H,7-10H2,1-3H3,(H,18,19). The molecule has 2 N–H and O–H groups in total. The molecule has 7 nitrogen and oxygen atoms in total. The van der Waals surface area contributed by atoms with Gasteiger partial charge in [-0.2, -0.15) is 4.98 Å². The minimum Gasteiger partial charge on any atom is -0.504 e. The summed E-state index contributed by atoms with van der Waals surface area (Å²) < 4.78 is 11.0. The minimum atomic E-state index is -0.480. The van der Waals surface area contributed by atoms with Gasteiger partial charge in [0.2, 0.25) is 0 Å². The van der Waals surface area contributed by atoms with Crippen molar-refractivity contribution in [2.75, 3.05) is 18.4 Å². The van der Waals surface area contributed by atoms with E-state index in [1.165, 1.54) is 0 Å². The van der Waals surface area contributed by atoms with Crippen LogP contribution in [-0.2, 0) is 4.74 Å². The first-order valence-electron chi connectivity index (χ1n) is 8.15. The molecule has 0 spiro atoms. The van der Waals surface area contributed by atoms with Crippen molar-refractivity contribution in [2.24, 2.45) is 0 Å². The van der Waals surface area contributed by atoms with E-state index in [1.54, 1.807) is 23.1 Å². The fourth-order valence-electron chi connectivity index (χ4n) is 2.70. The number of amides is 1. The van der Waals surface area contributed by atoms with Gasteiger partial charge in [-0.25, -0.2) is 4.79 Å². The molecule has 7 heteroatoms. The Bertz CT molecular complexity index is 727. The molecule has 1 aromatic heterocycles. The number of nitrogens with one attached hydrogen (secondary N) is 1. The Morgan fingerprint density at radius 1 is 1.38 bits per heavy atom. The topological polar surface area (TPSA) is 87.8 Å². The molecule has 0 aliphatic carbocycles. The number of ether oxygens (including phenoxy) is 1. The number of rotatable bonds is 2. The number of hydrogen-bond acceptors (Lipinski definition) is 6. The van der Waals surface area contributed by atoms with Crippen LogP contribution in [-0.4, -0.2) is 45.8 Å². The van der Waals surface area contributed by atoms with Crippen LogP contribution in [0, 0.1) is 0 Å². The lowest BCUT2D eigenvalue weighted by Gasteiger charge is -2.33. The van der Waals surface area contributed by atoms with Crippen molar-refractivity contribution in [1.29, 1.82) is 0 Å². The van der Waals surface area contributed by atoms with E-state index in [4.69, 9.17) is 9.15 Å². The highest BCUT2D eigenvalue weighted by atomic mass is 16.6. The Hall–Kier alpha value is -2.44. The number of phenolic OH excluding ortho intramolecular Hbond substituents is 1. The van der Waals surface area contributed by atoms with Gasteiger partial charge in [-0.3, -0.25) is 0 Å². The van der Waals surface area contributed by atoms with Crippen molar-refractivity contribution >= 4 is 23.2 Å². The zero-order valence-corrected chi connectivity index (χ0v) is 14.2. The van der Waals surface area contributed by atoms with Gasteiger partial charge >= 0.3 is 6.09 Å². The van der Waals surface area contributed by atoms with E-state index in [0.29, 0.717) is 30.2 Å². The molecule has 0 radical (unpaired) electrons. The first-order chi connectivity index (χ1) is 11.3. The number of fused-ring (bicyclic) bond motifs is 1. The lowest BCUT2D eigenvalue weighted by Crippen LogP contribution is -2.44. The van der Waals surface area contributed by atoms with Crippen LogP contribution in [0.1, 0.15) is 33.6 Å². The van der Waals surface area contributed by atoms with Crippen molar-refractivity contribution < 1.29 is 19.1 Å². The molecule has 24 heavy (non-hydrogen) atoms. The predicted molar refractivity (Wildman–Crippen MR) is 90.1 cm³/mol. The molecule has 1 aliphatic rings. The quantitative estimate of drug-likeness (QED) is 0.876. The molecule has 1 fully saturated rings.